The average Bonchev–Trinajstić information content (AvgIpc) is 2.89. The molecule has 2 aromatic rings. The van der Waals surface area contributed by atoms with Crippen LogP contribution in [-0.2, 0) is 9.59 Å². The van der Waals surface area contributed by atoms with Crippen LogP contribution in [0, 0.1) is 0 Å². The molecule has 0 aliphatic carbocycles. The van der Waals surface area contributed by atoms with Gasteiger partial charge in [0.15, 0.2) is 0 Å². The molecule has 0 saturated carbocycles. The largest absolute Gasteiger partial charge is 0.505 e. The number of imide groups is 1. The summed E-state index contributed by atoms with van der Waals surface area (Å²) in [6, 6.07) is 9.65. The summed E-state index contributed by atoms with van der Waals surface area (Å²) in [6.45, 7) is -0.437. The average molecular weight is 502 g/mol. The van der Waals surface area contributed by atoms with E-state index in [4.69, 9.17) is 23.2 Å². The summed E-state index contributed by atoms with van der Waals surface area (Å²) in [4.78, 5) is 37.9. The molecular weight excluding hydrogens is 491 g/mol. The molecule has 1 heterocycles. The van der Waals surface area contributed by atoms with Crippen molar-refractivity contribution in [2.45, 2.75) is 0 Å². The summed E-state index contributed by atoms with van der Waals surface area (Å²) >= 11 is 15.8. The summed E-state index contributed by atoms with van der Waals surface area (Å²) < 4.78 is 0.351. The Bertz CT molecular complexity index is 1010. The van der Waals surface area contributed by atoms with Gasteiger partial charge in [0, 0.05) is 0 Å². The maximum Gasteiger partial charge on any atom is 0.294 e. The summed E-state index contributed by atoms with van der Waals surface area (Å²) in [5.41, 5.74) is 0.904. The van der Waals surface area contributed by atoms with Gasteiger partial charge >= 0.3 is 0 Å². The number of halogens is 3. The number of anilines is 1. The Morgan fingerprint density at radius 3 is 2.61 bits per heavy atom. The minimum absolute atomic E-state index is 0.0963. The second-order valence-electron chi connectivity index (χ2n) is 5.63. The molecule has 1 aliphatic rings. The minimum atomic E-state index is -0.593. The van der Waals surface area contributed by atoms with E-state index in [1.54, 1.807) is 30.3 Å². The van der Waals surface area contributed by atoms with Gasteiger partial charge in [-0.1, -0.05) is 35.3 Å². The summed E-state index contributed by atoms with van der Waals surface area (Å²) in [5, 5.41) is 12.1. The van der Waals surface area contributed by atoms with Gasteiger partial charge in [-0.2, -0.15) is 0 Å². The lowest BCUT2D eigenvalue weighted by molar-refractivity contribution is -0.127. The van der Waals surface area contributed by atoms with Gasteiger partial charge in [-0.3, -0.25) is 19.3 Å². The Morgan fingerprint density at radius 1 is 1.21 bits per heavy atom. The molecule has 144 valence electrons. The fourth-order valence-electron chi connectivity index (χ4n) is 2.35. The van der Waals surface area contributed by atoms with Crippen LogP contribution >= 0.6 is 50.9 Å². The Labute approximate surface area is 182 Å². The normalized spacial score (nSPS) is 15.4. The zero-order chi connectivity index (χ0) is 20.4. The number of nitrogens with zero attached hydrogens (tertiary/aromatic N) is 1. The van der Waals surface area contributed by atoms with E-state index >= 15 is 0 Å². The Hall–Kier alpha value is -2.00. The highest BCUT2D eigenvalue weighted by Crippen LogP contribution is 2.36. The molecule has 0 bridgehead atoms. The van der Waals surface area contributed by atoms with E-state index in [1.807, 2.05) is 0 Å². The molecule has 2 N–H and O–H groups in total. The summed E-state index contributed by atoms with van der Waals surface area (Å²) in [6.07, 6.45) is 1.47. The van der Waals surface area contributed by atoms with E-state index in [-0.39, 0.29) is 15.7 Å². The molecule has 2 aromatic carbocycles. The van der Waals surface area contributed by atoms with Gasteiger partial charge in [-0.15, -0.1) is 0 Å². The number of hydrogen-bond donors (Lipinski definition) is 2. The predicted octanol–water partition coefficient (Wildman–Crippen LogP) is 5.14. The molecule has 0 atom stereocenters. The maximum absolute atomic E-state index is 12.5. The van der Waals surface area contributed by atoms with Gasteiger partial charge in [-0.25, -0.2) is 0 Å². The highest BCUT2D eigenvalue weighted by atomic mass is 79.9. The van der Waals surface area contributed by atoms with E-state index < -0.39 is 23.6 Å². The zero-order valence-electron chi connectivity index (χ0n) is 13.9. The topological polar surface area (TPSA) is 86.7 Å². The van der Waals surface area contributed by atoms with Crippen LogP contribution in [0.1, 0.15) is 5.56 Å². The highest BCUT2D eigenvalue weighted by molar-refractivity contribution is 9.10. The van der Waals surface area contributed by atoms with Crippen LogP contribution < -0.4 is 5.32 Å². The van der Waals surface area contributed by atoms with E-state index in [9.17, 15) is 19.5 Å². The van der Waals surface area contributed by atoms with Gasteiger partial charge in [0.2, 0.25) is 5.91 Å². The first-order valence-electron chi connectivity index (χ1n) is 7.74. The van der Waals surface area contributed by atoms with Gasteiger partial charge in [-0.05, 0) is 63.6 Å². The Morgan fingerprint density at radius 2 is 1.93 bits per heavy atom. The van der Waals surface area contributed by atoms with Crippen molar-refractivity contribution >= 4 is 79.7 Å². The van der Waals surface area contributed by atoms with Crippen molar-refractivity contribution in [1.29, 1.82) is 0 Å². The van der Waals surface area contributed by atoms with Crippen LogP contribution in [-0.4, -0.2) is 33.6 Å². The van der Waals surface area contributed by atoms with Crippen molar-refractivity contribution in [3.63, 3.8) is 0 Å². The standard InChI is InChI=1S/C18H11BrCl2N2O4S/c19-10-5-9(6-12(21)16(10)25)7-14-17(26)23(18(27)28-14)8-15(24)22-13-4-2-1-3-11(13)20/h1-7,25H,8H2,(H,22,24)/b14-7+. The third-order valence-corrected chi connectivity index (χ3v) is 5.79. The van der Waals surface area contributed by atoms with Crippen LogP contribution in [0.15, 0.2) is 45.8 Å². The van der Waals surface area contributed by atoms with Crippen molar-refractivity contribution in [2.75, 3.05) is 11.9 Å². The summed E-state index contributed by atoms with van der Waals surface area (Å²) in [5.74, 6) is -1.26. The van der Waals surface area contributed by atoms with Crippen molar-refractivity contribution in [3.05, 3.63) is 61.4 Å². The van der Waals surface area contributed by atoms with E-state index in [1.165, 1.54) is 12.1 Å². The molecule has 0 radical (unpaired) electrons. The second kappa shape index (κ2) is 8.57. The molecule has 28 heavy (non-hydrogen) atoms. The van der Waals surface area contributed by atoms with E-state index in [0.29, 0.717) is 32.5 Å². The lowest BCUT2D eigenvalue weighted by Gasteiger charge is -2.13. The molecule has 1 fully saturated rings. The maximum atomic E-state index is 12.5. The molecular formula is C18H11BrCl2N2O4S. The van der Waals surface area contributed by atoms with Crippen LogP contribution in [0.5, 0.6) is 5.75 Å². The fraction of sp³-hybridized carbons (Fsp3) is 0.0556. The van der Waals surface area contributed by atoms with Crippen molar-refractivity contribution in [1.82, 2.24) is 4.90 Å². The number of nitrogens with one attached hydrogen (secondary N) is 1. The van der Waals surface area contributed by atoms with Gasteiger partial charge in [0.25, 0.3) is 11.1 Å². The number of benzene rings is 2. The number of aromatic hydroxyl groups is 1. The Balaban J connectivity index is 1.75. The molecule has 6 nitrogen and oxygen atoms in total. The number of phenolic OH excluding ortho intramolecular Hbond substituents is 1. The van der Waals surface area contributed by atoms with Crippen molar-refractivity contribution in [2.24, 2.45) is 0 Å². The van der Waals surface area contributed by atoms with Gasteiger partial charge in [0.1, 0.15) is 12.3 Å². The number of phenols is 1. The number of para-hydroxylation sites is 1. The van der Waals surface area contributed by atoms with Crippen LogP contribution in [0.4, 0.5) is 10.5 Å². The number of hydrogen-bond acceptors (Lipinski definition) is 5. The summed E-state index contributed by atoms with van der Waals surface area (Å²) in [7, 11) is 0. The molecule has 1 saturated heterocycles. The first kappa shape index (κ1) is 20.7. The lowest BCUT2D eigenvalue weighted by Crippen LogP contribution is -2.36. The SMILES string of the molecule is O=C(CN1C(=O)S/C(=C/c2cc(Cl)c(O)c(Br)c2)C1=O)Nc1ccccc1Cl. The third-order valence-electron chi connectivity index (χ3n) is 3.66. The van der Waals surface area contributed by atoms with E-state index in [0.717, 1.165) is 4.90 Å². The first-order chi connectivity index (χ1) is 13.3. The number of amides is 3. The lowest BCUT2D eigenvalue weighted by atomic mass is 10.2. The molecule has 3 amide bonds. The van der Waals surface area contributed by atoms with E-state index in [2.05, 4.69) is 21.2 Å². The monoisotopic (exact) mass is 500 g/mol. The fourth-order valence-corrected chi connectivity index (χ4v) is 4.19. The zero-order valence-corrected chi connectivity index (χ0v) is 17.8. The smallest absolute Gasteiger partial charge is 0.294 e. The van der Waals surface area contributed by atoms with Crippen molar-refractivity contribution < 1.29 is 19.5 Å². The minimum Gasteiger partial charge on any atom is -0.505 e. The predicted molar refractivity (Wildman–Crippen MR) is 114 cm³/mol. The number of rotatable bonds is 4. The molecule has 0 spiro atoms. The quantitative estimate of drug-likeness (QED) is 0.566. The van der Waals surface area contributed by atoms with Crippen LogP contribution in [0.2, 0.25) is 10.0 Å². The Kier molecular flexibility index (Phi) is 6.34. The molecule has 0 aromatic heterocycles. The molecule has 1 aliphatic heterocycles. The molecule has 3 rings (SSSR count). The second-order valence-corrected chi connectivity index (χ2v) is 8.29. The highest BCUT2D eigenvalue weighted by Gasteiger charge is 2.36. The first-order valence-corrected chi connectivity index (χ1v) is 10.1. The van der Waals surface area contributed by atoms with Crippen molar-refractivity contribution in [3.8, 4) is 5.75 Å². The van der Waals surface area contributed by atoms with Gasteiger partial charge < -0.3 is 10.4 Å². The number of carbonyl (C=O) groups is 3. The van der Waals surface area contributed by atoms with Crippen LogP contribution in [0.3, 0.4) is 0 Å². The third kappa shape index (κ3) is 4.52. The number of carbonyl (C=O) groups excluding carboxylic acids is 3. The number of thioether (sulfide) groups is 1. The van der Waals surface area contributed by atoms with Gasteiger partial charge in [0.05, 0.1) is 25.1 Å². The molecule has 10 heteroatoms. The van der Waals surface area contributed by atoms with Crippen LogP contribution in [0.25, 0.3) is 6.08 Å². The molecule has 0 unspecified atom stereocenters.